The van der Waals surface area contributed by atoms with Gasteiger partial charge in [0.05, 0.1) is 27.7 Å². The standard InChI is InChI=1S/C27H28N6O2/c1-16-22-23-20-5-2-3-6-21(20)33(13-4-12-32-14-11-18(28)15-32)27(35)24(23)25(29-26(22)31-30-16)17-7-9-19(34)10-8-17/h2-3,5-10,18,34H,4,11-15,28H2,1H3,(H,29,30,31)/t18-/m1/s1. The first-order valence-electron chi connectivity index (χ1n) is 12.1. The molecule has 6 rings (SSSR count). The Morgan fingerprint density at radius 1 is 1.09 bits per heavy atom. The molecule has 1 aliphatic rings. The highest BCUT2D eigenvalue weighted by molar-refractivity contribution is 6.21. The Bertz CT molecular complexity index is 1620. The van der Waals surface area contributed by atoms with Gasteiger partial charge in [-0.05, 0) is 63.2 Å². The van der Waals surface area contributed by atoms with E-state index >= 15 is 0 Å². The zero-order valence-electron chi connectivity index (χ0n) is 19.7. The summed E-state index contributed by atoms with van der Waals surface area (Å²) in [6.45, 7) is 5.39. The molecule has 0 spiro atoms. The van der Waals surface area contributed by atoms with Crippen LogP contribution in [-0.2, 0) is 6.54 Å². The molecule has 178 valence electrons. The number of aromatic hydroxyl groups is 1. The number of likely N-dealkylation sites (tertiary alicyclic amines) is 1. The van der Waals surface area contributed by atoms with Gasteiger partial charge in [-0.25, -0.2) is 4.98 Å². The molecule has 5 aromatic rings. The molecular formula is C27H28N6O2. The van der Waals surface area contributed by atoms with E-state index < -0.39 is 0 Å². The zero-order valence-corrected chi connectivity index (χ0v) is 19.7. The number of para-hydroxylation sites is 1. The van der Waals surface area contributed by atoms with Crippen molar-refractivity contribution < 1.29 is 5.11 Å². The molecule has 2 aromatic carbocycles. The topological polar surface area (TPSA) is 113 Å². The number of rotatable bonds is 5. The van der Waals surface area contributed by atoms with Crippen molar-refractivity contribution in [2.75, 3.05) is 19.6 Å². The third kappa shape index (κ3) is 3.66. The van der Waals surface area contributed by atoms with Gasteiger partial charge in [0.1, 0.15) is 5.75 Å². The Labute approximate surface area is 202 Å². The highest BCUT2D eigenvalue weighted by Gasteiger charge is 2.22. The van der Waals surface area contributed by atoms with E-state index in [0.717, 1.165) is 65.4 Å². The van der Waals surface area contributed by atoms with E-state index in [1.807, 2.05) is 29.7 Å². The van der Waals surface area contributed by atoms with E-state index in [1.54, 1.807) is 24.3 Å². The number of nitrogens with one attached hydrogen (secondary N) is 1. The van der Waals surface area contributed by atoms with Crippen molar-refractivity contribution in [2.45, 2.75) is 32.4 Å². The molecule has 3 aromatic heterocycles. The van der Waals surface area contributed by atoms with Gasteiger partial charge in [0.15, 0.2) is 5.65 Å². The maximum absolute atomic E-state index is 14.2. The fourth-order valence-electron chi connectivity index (χ4n) is 5.42. The van der Waals surface area contributed by atoms with Gasteiger partial charge in [-0.15, -0.1) is 0 Å². The number of pyridine rings is 2. The van der Waals surface area contributed by atoms with Gasteiger partial charge in [0.2, 0.25) is 0 Å². The summed E-state index contributed by atoms with van der Waals surface area (Å²) in [5.41, 5.74) is 9.73. The lowest BCUT2D eigenvalue weighted by Gasteiger charge is -2.18. The average Bonchev–Trinajstić information content (AvgIpc) is 3.45. The normalized spacial score (nSPS) is 16.7. The minimum absolute atomic E-state index is 0.0603. The van der Waals surface area contributed by atoms with Gasteiger partial charge in [-0.2, -0.15) is 5.10 Å². The van der Waals surface area contributed by atoms with Crippen LogP contribution in [0.15, 0.2) is 53.3 Å². The highest BCUT2D eigenvalue weighted by Crippen LogP contribution is 2.36. The largest absolute Gasteiger partial charge is 0.508 e. The van der Waals surface area contributed by atoms with Gasteiger partial charge in [-0.1, -0.05) is 18.2 Å². The fraction of sp³-hybridized carbons (Fsp3) is 0.296. The molecule has 0 amide bonds. The lowest BCUT2D eigenvalue weighted by molar-refractivity contribution is 0.321. The van der Waals surface area contributed by atoms with E-state index in [2.05, 4.69) is 21.2 Å². The van der Waals surface area contributed by atoms with Gasteiger partial charge >= 0.3 is 0 Å². The molecule has 35 heavy (non-hydrogen) atoms. The van der Waals surface area contributed by atoms with Crippen LogP contribution in [0, 0.1) is 6.92 Å². The van der Waals surface area contributed by atoms with E-state index in [9.17, 15) is 9.90 Å². The summed E-state index contributed by atoms with van der Waals surface area (Å²) in [6.07, 6.45) is 1.89. The zero-order chi connectivity index (χ0) is 24.1. The number of phenols is 1. The Hall–Kier alpha value is -3.75. The number of phenolic OH excluding ortho intramolecular Hbond substituents is 1. The van der Waals surface area contributed by atoms with Crippen LogP contribution in [0.2, 0.25) is 0 Å². The monoisotopic (exact) mass is 468 g/mol. The lowest BCUT2D eigenvalue weighted by Crippen LogP contribution is -2.29. The number of aryl methyl sites for hydroxylation is 2. The summed E-state index contributed by atoms with van der Waals surface area (Å²) in [4.78, 5) is 21.4. The Kier molecular flexibility index (Phi) is 5.27. The van der Waals surface area contributed by atoms with Crippen LogP contribution >= 0.6 is 0 Å². The minimum atomic E-state index is -0.0603. The third-order valence-corrected chi connectivity index (χ3v) is 7.12. The maximum atomic E-state index is 14.2. The van der Waals surface area contributed by atoms with E-state index in [4.69, 9.17) is 10.7 Å². The number of H-pyrrole nitrogens is 1. The second-order valence-corrected chi connectivity index (χ2v) is 9.47. The molecule has 1 aliphatic heterocycles. The molecule has 0 saturated carbocycles. The molecule has 0 radical (unpaired) electrons. The fourth-order valence-corrected chi connectivity index (χ4v) is 5.42. The minimum Gasteiger partial charge on any atom is -0.508 e. The predicted octanol–water partition coefficient (Wildman–Crippen LogP) is 3.53. The SMILES string of the molecule is Cc1n[nH]c2nc(-c3ccc(O)cc3)c3c(=O)n(CCCN4CC[C@@H](N)C4)c4ccccc4c3c12. The third-order valence-electron chi connectivity index (χ3n) is 7.12. The summed E-state index contributed by atoms with van der Waals surface area (Å²) >= 11 is 0. The van der Waals surface area contributed by atoms with Crippen LogP contribution in [0.25, 0.3) is 44.0 Å². The molecule has 4 heterocycles. The van der Waals surface area contributed by atoms with Crippen LogP contribution < -0.4 is 11.3 Å². The number of aromatic amines is 1. The molecule has 0 unspecified atom stereocenters. The van der Waals surface area contributed by atoms with Crippen LogP contribution in [-0.4, -0.2) is 55.4 Å². The molecule has 1 fully saturated rings. The van der Waals surface area contributed by atoms with Crippen molar-refractivity contribution in [1.82, 2.24) is 24.6 Å². The van der Waals surface area contributed by atoms with E-state index in [-0.39, 0.29) is 17.4 Å². The number of fused-ring (bicyclic) bond motifs is 5. The first-order chi connectivity index (χ1) is 17.0. The summed E-state index contributed by atoms with van der Waals surface area (Å²) in [5, 5.41) is 20.6. The smallest absolute Gasteiger partial charge is 0.261 e. The van der Waals surface area contributed by atoms with Gasteiger partial charge in [0.25, 0.3) is 5.56 Å². The molecule has 4 N–H and O–H groups in total. The summed E-state index contributed by atoms with van der Waals surface area (Å²) < 4.78 is 1.89. The lowest BCUT2D eigenvalue weighted by atomic mass is 9.98. The molecular weight excluding hydrogens is 440 g/mol. The molecule has 1 saturated heterocycles. The quantitative estimate of drug-likeness (QED) is 0.340. The first kappa shape index (κ1) is 21.8. The van der Waals surface area contributed by atoms with Crippen LogP contribution in [0.1, 0.15) is 18.5 Å². The number of aromatic nitrogens is 4. The van der Waals surface area contributed by atoms with Crippen molar-refractivity contribution in [3.63, 3.8) is 0 Å². The van der Waals surface area contributed by atoms with Crippen molar-refractivity contribution >= 4 is 32.7 Å². The van der Waals surface area contributed by atoms with Gasteiger partial charge in [-0.3, -0.25) is 9.89 Å². The maximum Gasteiger partial charge on any atom is 0.261 e. The molecule has 8 nitrogen and oxygen atoms in total. The first-order valence-corrected chi connectivity index (χ1v) is 12.1. The Balaban J connectivity index is 1.60. The predicted molar refractivity (Wildman–Crippen MR) is 139 cm³/mol. The number of hydrogen-bond donors (Lipinski definition) is 3. The average molecular weight is 469 g/mol. The van der Waals surface area contributed by atoms with Crippen molar-refractivity contribution in [2.24, 2.45) is 5.73 Å². The summed E-state index contributed by atoms with van der Waals surface area (Å²) in [6, 6.07) is 15.1. The van der Waals surface area contributed by atoms with E-state index in [0.29, 0.717) is 23.3 Å². The number of nitrogens with two attached hydrogens (primary N) is 1. The molecule has 8 heteroatoms. The second kappa shape index (κ2) is 8.48. The second-order valence-electron chi connectivity index (χ2n) is 9.47. The summed E-state index contributed by atoms with van der Waals surface area (Å²) in [7, 11) is 0. The number of nitrogens with zero attached hydrogens (tertiary/aromatic N) is 4. The molecule has 1 atom stereocenters. The highest BCUT2D eigenvalue weighted by atomic mass is 16.3. The number of hydrogen-bond acceptors (Lipinski definition) is 6. The van der Waals surface area contributed by atoms with Crippen molar-refractivity contribution in [3.05, 3.63) is 64.6 Å². The van der Waals surface area contributed by atoms with Gasteiger partial charge in [0, 0.05) is 35.5 Å². The van der Waals surface area contributed by atoms with E-state index in [1.165, 1.54) is 0 Å². The Morgan fingerprint density at radius 2 is 1.89 bits per heavy atom. The van der Waals surface area contributed by atoms with Crippen molar-refractivity contribution in [1.29, 1.82) is 0 Å². The number of benzene rings is 2. The van der Waals surface area contributed by atoms with Crippen LogP contribution in [0.4, 0.5) is 0 Å². The van der Waals surface area contributed by atoms with Crippen molar-refractivity contribution in [3.8, 4) is 17.0 Å². The Morgan fingerprint density at radius 3 is 2.66 bits per heavy atom. The van der Waals surface area contributed by atoms with Crippen LogP contribution in [0.5, 0.6) is 5.75 Å². The summed E-state index contributed by atoms with van der Waals surface area (Å²) in [5.74, 6) is 0.168. The molecule has 0 aliphatic carbocycles. The molecule has 0 bridgehead atoms. The van der Waals surface area contributed by atoms with Crippen LogP contribution in [0.3, 0.4) is 0 Å². The van der Waals surface area contributed by atoms with Gasteiger partial charge < -0.3 is 20.3 Å².